The summed E-state index contributed by atoms with van der Waals surface area (Å²) in [6.07, 6.45) is 6.65. The second-order valence-corrected chi connectivity index (χ2v) is 4.26. The summed E-state index contributed by atoms with van der Waals surface area (Å²) in [6, 6.07) is 0. The van der Waals surface area contributed by atoms with E-state index in [0.717, 1.165) is 6.42 Å². The molecule has 0 aromatic heterocycles. The molecule has 0 aromatic rings. The Morgan fingerprint density at radius 2 is 2.22 bits per heavy atom. The number of fused-ring (bicyclic) bond motifs is 1. The molecule has 9 heavy (non-hydrogen) atoms. The van der Waals surface area contributed by atoms with Gasteiger partial charge >= 0.3 is 0 Å². The van der Waals surface area contributed by atoms with Crippen LogP contribution in [-0.4, -0.2) is 4.33 Å². The number of allylic oxidation sites excluding steroid dienone is 2. The number of hydrogen-bond donors (Lipinski definition) is 0. The first kappa shape index (κ1) is 6.06. The van der Waals surface area contributed by atoms with Crippen molar-refractivity contribution in [3.05, 3.63) is 12.2 Å². The largest absolute Gasteiger partial charge is 0.128 e. The van der Waals surface area contributed by atoms with Gasteiger partial charge in [0.25, 0.3) is 0 Å². The summed E-state index contributed by atoms with van der Waals surface area (Å²) in [7, 11) is 0. The molecule has 0 radical (unpaired) electrons. The van der Waals surface area contributed by atoms with Crippen LogP contribution < -0.4 is 0 Å². The first-order chi connectivity index (χ1) is 4.23. The van der Waals surface area contributed by atoms with Crippen LogP contribution in [0.4, 0.5) is 0 Å². The quantitative estimate of drug-likeness (QED) is 0.380. The maximum atomic E-state index is 5.93. The Hall–Kier alpha value is 0.320. The standard InChI is InChI=1S/C7H8Cl2/c8-7(9)5-3-1-2-4-6(5)7/h1,3,5-6H,2,4H2. The minimum absolute atomic E-state index is 0.396. The zero-order chi connectivity index (χ0) is 6.48. The summed E-state index contributed by atoms with van der Waals surface area (Å²) >= 11 is 11.9. The van der Waals surface area contributed by atoms with Crippen molar-refractivity contribution in [3.63, 3.8) is 0 Å². The molecule has 1 saturated carbocycles. The first-order valence-electron chi connectivity index (χ1n) is 3.27. The highest BCUT2D eigenvalue weighted by molar-refractivity contribution is 6.51. The predicted octanol–water partition coefficient (Wildman–Crippen LogP) is 2.76. The van der Waals surface area contributed by atoms with Crippen LogP contribution in [0.5, 0.6) is 0 Å². The summed E-state index contributed by atoms with van der Waals surface area (Å²) in [5, 5.41) is 0. The van der Waals surface area contributed by atoms with Crippen molar-refractivity contribution < 1.29 is 0 Å². The monoisotopic (exact) mass is 162 g/mol. The van der Waals surface area contributed by atoms with E-state index < -0.39 is 4.33 Å². The molecule has 0 amide bonds. The van der Waals surface area contributed by atoms with Crippen LogP contribution >= 0.6 is 23.2 Å². The first-order valence-corrected chi connectivity index (χ1v) is 4.03. The summed E-state index contributed by atoms with van der Waals surface area (Å²) in [5.41, 5.74) is 0. The second-order valence-electron chi connectivity index (χ2n) is 2.81. The Labute approximate surface area is 64.8 Å². The van der Waals surface area contributed by atoms with Crippen molar-refractivity contribution in [1.82, 2.24) is 0 Å². The van der Waals surface area contributed by atoms with Crippen LogP contribution in [0.1, 0.15) is 12.8 Å². The van der Waals surface area contributed by atoms with Crippen LogP contribution in [-0.2, 0) is 0 Å². The summed E-state index contributed by atoms with van der Waals surface area (Å²) in [5.74, 6) is 1.03. The van der Waals surface area contributed by atoms with E-state index in [2.05, 4.69) is 12.2 Å². The highest BCUT2D eigenvalue weighted by Crippen LogP contribution is 2.63. The predicted molar refractivity (Wildman–Crippen MR) is 39.8 cm³/mol. The van der Waals surface area contributed by atoms with E-state index in [1.165, 1.54) is 6.42 Å². The van der Waals surface area contributed by atoms with Gasteiger partial charge in [0.05, 0.1) is 0 Å². The third-order valence-electron chi connectivity index (χ3n) is 2.25. The molecule has 0 N–H and O–H groups in total. The van der Waals surface area contributed by atoms with Gasteiger partial charge in [0.2, 0.25) is 0 Å². The van der Waals surface area contributed by atoms with Gasteiger partial charge in [-0.05, 0) is 12.8 Å². The van der Waals surface area contributed by atoms with Gasteiger partial charge in [-0.25, -0.2) is 0 Å². The van der Waals surface area contributed by atoms with Crippen molar-refractivity contribution in [2.45, 2.75) is 17.2 Å². The SMILES string of the molecule is ClC1(Cl)C2C=CCCC21. The van der Waals surface area contributed by atoms with E-state index in [9.17, 15) is 0 Å². The van der Waals surface area contributed by atoms with Gasteiger partial charge in [0, 0.05) is 11.8 Å². The third kappa shape index (κ3) is 0.731. The smallest absolute Gasteiger partial charge is 0.101 e. The van der Waals surface area contributed by atoms with Gasteiger partial charge in [0.1, 0.15) is 4.33 Å². The third-order valence-corrected chi connectivity index (χ3v) is 3.32. The molecule has 0 spiro atoms. The minimum atomic E-state index is -0.396. The number of rotatable bonds is 0. The molecule has 0 nitrogen and oxygen atoms in total. The molecule has 2 aliphatic rings. The topological polar surface area (TPSA) is 0 Å². The normalized spacial score (nSPS) is 44.2. The molecule has 2 rings (SSSR count). The van der Waals surface area contributed by atoms with Gasteiger partial charge in [-0.2, -0.15) is 0 Å². The van der Waals surface area contributed by atoms with E-state index >= 15 is 0 Å². The van der Waals surface area contributed by atoms with E-state index in [-0.39, 0.29) is 0 Å². The Balaban J connectivity index is 2.19. The lowest BCUT2D eigenvalue weighted by molar-refractivity contribution is 0.680. The molecule has 50 valence electrons. The maximum Gasteiger partial charge on any atom is 0.128 e. The van der Waals surface area contributed by atoms with E-state index in [0.29, 0.717) is 11.8 Å². The van der Waals surface area contributed by atoms with Crippen LogP contribution in [0.3, 0.4) is 0 Å². The molecule has 0 aromatic carbocycles. The van der Waals surface area contributed by atoms with Gasteiger partial charge < -0.3 is 0 Å². The van der Waals surface area contributed by atoms with Crippen molar-refractivity contribution >= 4 is 23.2 Å². The Bertz CT molecular complexity index is 160. The molecular weight excluding hydrogens is 155 g/mol. The van der Waals surface area contributed by atoms with Gasteiger partial charge in [-0.1, -0.05) is 12.2 Å². The molecule has 1 fully saturated rings. The molecule has 0 heterocycles. The summed E-state index contributed by atoms with van der Waals surface area (Å²) < 4.78 is -0.396. The lowest BCUT2D eigenvalue weighted by atomic mass is 10.1. The molecule has 2 unspecified atom stereocenters. The van der Waals surface area contributed by atoms with E-state index in [1.807, 2.05) is 0 Å². The van der Waals surface area contributed by atoms with Crippen LogP contribution in [0.2, 0.25) is 0 Å². The average Bonchev–Trinajstić information content (AvgIpc) is 2.39. The Kier molecular flexibility index (Phi) is 1.13. The fraction of sp³-hybridized carbons (Fsp3) is 0.714. The second kappa shape index (κ2) is 1.67. The zero-order valence-electron chi connectivity index (χ0n) is 4.98. The Morgan fingerprint density at radius 1 is 1.44 bits per heavy atom. The summed E-state index contributed by atoms with van der Waals surface area (Å²) in [4.78, 5) is 0. The minimum Gasteiger partial charge on any atom is -0.101 e. The molecule has 2 heteroatoms. The van der Waals surface area contributed by atoms with Crippen LogP contribution in [0, 0.1) is 11.8 Å². The fourth-order valence-electron chi connectivity index (χ4n) is 1.57. The number of alkyl halides is 2. The highest BCUT2D eigenvalue weighted by atomic mass is 35.5. The molecule has 0 bridgehead atoms. The average molecular weight is 163 g/mol. The molecular formula is C7H8Cl2. The number of hydrogen-bond acceptors (Lipinski definition) is 0. The molecule has 2 atom stereocenters. The maximum absolute atomic E-state index is 5.93. The van der Waals surface area contributed by atoms with Crippen LogP contribution in [0.15, 0.2) is 12.2 Å². The van der Waals surface area contributed by atoms with E-state index in [1.54, 1.807) is 0 Å². The lowest BCUT2D eigenvalue weighted by Crippen LogP contribution is -1.87. The van der Waals surface area contributed by atoms with E-state index in [4.69, 9.17) is 23.2 Å². The van der Waals surface area contributed by atoms with Crippen molar-refractivity contribution in [2.24, 2.45) is 11.8 Å². The molecule has 0 aliphatic heterocycles. The lowest BCUT2D eigenvalue weighted by Gasteiger charge is -1.96. The zero-order valence-corrected chi connectivity index (χ0v) is 6.49. The Morgan fingerprint density at radius 3 is 2.67 bits per heavy atom. The molecule has 0 saturated heterocycles. The van der Waals surface area contributed by atoms with Crippen molar-refractivity contribution in [1.29, 1.82) is 0 Å². The van der Waals surface area contributed by atoms with Gasteiger partial charge in [-0.3, -0.25) is 0 Å². The van der Waals surface area contributed by atoms with Gasteiger partial charge in [-0.15, -0.1) is 23.2 Å². The van der Waals surface area contributed by atoms with Crippen molar-refractivity contribution in [3.8, 4) is 0 Å². The number of halogens is 2. The highest BCUT2D eigenvalue weighted by Gasteiger charge is 2.61. The van der Waals surface area contributed by atoms with Crippen molar-refractivity contribution in [2.75, 3.05) is 0 Å². The summed E-state index contributed by atoms with van der Waals surface area (Å²) in [6.45, 7) is 0. The molecule has 2 aliphatic carbocycles. The van der Waals surface area contributed by atoms with Gasteiger partial charge in [0.15, 0.2) is 0 Å². The van der Waals surface area contributed by atoms with Crippen LogP contribution in [0.25, 0.3) is 0 Å². The fourth-order valence-corrected chi connectivity index (χ4v) is 2.38.